The van der Waals surface area contributed by atoms with Gasteiger partial charge in [-0.3, -0.25) is 0 Å². The Balaban J connectivity index is 3.08. The Hall–Kier alpha value is -1.09. The van der Waals surface area contributed by atoms with Gasteiger partial charge in [0, 0.05) is 12.1 Å². The topological polar surface area (TPSA) is 46.2 Å². The molecule has 1 aromatic rings. The molecule has 1 rings (SSSR count). The fourth-order valence-electron chi connectivity index (χ4n) is 0.859. The Morgan fingerprint density at radius 2 is 2.09 bits per heavy atom. The summed E-state index contributed by atoms with van der Waals surface area (Å²) in [5.74, 6) is -0.547. The Morgan fingerprint density at radius 1 is 1.45 bits per heavy atom. The van der Waals surface area contributed by atoms with E-state index < -0.39 is 5.82 Å². The molecule has 60 valence electrons. The molecule has 0 saturated carbocycles. The van der Waals surface area contributed by atoms with E-state index in [2.05, 4.69) is 0 Å². The molecule has 1 atom stereocenters. The predicted molar refractivity (Wildman–Crippen MR) is 40.7 cm³/mol. The van der Waals surface area contributed by atoms with Crippen LogP contribution in [0.3, 0.4) is 0 Å². The molecule has 0 radical (unpaired) electrons. The van der Waals surface area contributed by atoms with Crippen LogP contribution in [0, 0.1) is 5.82 Å². The van der Waals surface area contributed by atoms with E-state index in [1.165, 1.54) is 12.1 Å². The fraction of sp³-hybridized carbons (Fsp3) is 0.250. The fourth-order valence-corrected chi connectivity index (χ4v) is 0.859. The third-order valence-corrected chi connectivity index (χ3v) is 1.43. The molecule has 0 spiro atoms. The Morgan fingerprint density at radius 3 is 2.55 bits per heavy atom. The Labute approximate surface area is 64.5 Å². The van der Waals surface area contributed by atoms with Crippen molar-refractivity contribution >= 4 is 0 Å². The molecule has 1 unspecified atom stereocenters. The van der Waals surface area contributed by atoms with Gasteiger partial charge in [0.1, 0.15) is 11.6 Å². The first kappa shape index (κ1) is 8.01. The summed E-state index contributed by atoms with van der Waals surface area (Å²) in [6.45, 7) is 1.73. The molecule has 0 aliphatic rings. The van der Waals surface area contributed by atoms with E-state index in [9.17, 15) is 4.39 Å². The normalized spacial score (nSPS) is 13.0. The van der Waals surface area contributed by atoms with Crippen LogP contribution in [0.5, 0.6) is 5.75 Å². The number of halogens is 1. The molecule has 0 bridgehead atoms. The molecular weight excluding hydrogens is 145 g/mol. The summed E-state index contributed by atoms with van der Waals surface area (Å²) in [4.78, 5) is 0. The minimum Gasteiger partial charge on any atom is -0.508 e. The summed E-state index contributed by atoms with van der Waals surface area (Å²) < 4.78 is 12.6. The second kappa shape index (κ2) is 2.88. The highest BCUT2D eigenvalue weighted by Gasteiger charge is 2.02. The second-order valence-electron chi connectivity index (χ2n) is 2.53. The number of benzene rings is 1. The van der Waals surface area contributed by atoms with Crippen LogP contribution in [0.15, 0.2) is 18.2 Å². The molecule has 1 aromatic carbocycles. The monoisotopic (exact) mass is 155 g/mol. The van der Waals surface area contributed by atoms with Crippen LogP contribution in [0.25, 0.3) is 0 Å². The standard InChI is InChI=1S/C8H10FNO/c1-5(10)6-2-7(9)4-8(11)3-6/h2-5,11H,10H2,1H3. The first-order valence-corrected chi connectivity index (χ1v) is 3.34. The summed E-state index contributed by atoms with van der Waals surface area (Å²) in [7, 11) is 0. The van der Waals surface area contributed by atoms with Crippen LogP contribution in [-0.4, -0.2) is 5.11 Å². The third-order valence-electron chi connectivity index (χ3n) is 1.43. The van der Waals surface area contributed by atoms with Crippen molar-refractivity contribution in [2.75, 3.05) is 0 Å². The molecule has 11 heavy (non-hydrogen) atoms. The quantitative estimate of drug-likeness (QED) is 0.646. The number of phenols is 1. The van der Waals surface area contributed by atoms with Crippen LogP contribution in [0.1, 0.15) is 18.5 Å². The predicted octanol–water partition coefficient (Wildman–Crippen LogP) is 1.55. The maximum absolute atomic E-state index is 12.6. The highest BCUT2D eigenvalue weighted by Crippen LogP contribution is 2.18. The lowest BCUT2D eigenvalue weighted by Crippen LogP contribution is -2.04. The van der Waals surface area contributed by atoms with Gasteiger partial charge in [-0.2, -0.15) is 0 Å². The molecule has 0 saturated heterocycles. The molecule has 0 aromatic heterocycles. The van der Waals surface area contributed by atoms with Gasteiger partial charge in [-0.25, -0.2) is 4.39 Å². The molecule has 0 amide bonds. The molecular formula is C8H10FNO. The van der Waals surface area contributed by atoms with E-state index in [1.807, 2.05) is 0 Å². The first-order valence-electron chi connectivity index (χ1n) is 3.34. The largest absolute Gasteiger partial charge is 0.508 e. The van der Waals surface area contributed by atoms with Crippen molar-refractivity contribution in [1.82, 2.24) is 0 Å². The lowest BCUT2D eigenvalue weighted by molar-refractivity contribution is 0.467. The van der Waals surface area contributed by atoms with Crippen molar-refractivity contribution in [2.45, 2.75) is 13.0 Å². The van der Waals surface area contributed by atoms with Gasteiger partial charge in [-0.1, -0.05) is 0 Å². The zero-order valence-electron chi connectivity index (χ0n) is 6.21. The number of hydrogen-bond donors (Lipinski definition) is 2. The zero-order valence-corrected chi connectivity index (χ0v) is 6.21. The SMILES string of the molecule is CC(N)c1cc(O)cc(F)c1. The zero-order chi connectivity index (χ0) is 8.43. The second-order valence-corrected chi connectivity index (χ2v) is 2.53. The summed E-state index contributed by atoms with van der Waals surface area (Å²) in [5, 5.41) is 8.95. The summed E-state index contributed by atoms with van der Waals surface area (Å²) >= 11 is 0. The number of nitrogens with two attached hydrogens (primary N) is 1. The molecule has 0 aliphatic carbocycles. The van der Waals surface area contributed by atoms with Crippen molar-refractivity contribution in [2.24, 2.45) is 5.73 Å². The van der Waals surface area contributed by atoms with Gasteiger partial charge in [0.05, 0.1) is 0 Å². The summed E-state index contributed by atoms with van der Waals surface area (Å²) in [5.41, 5.74) is 6.07. The lowest BCUT2D eigenvalue weighted by atomic mass is 10.1. The molecule has 0 fully saturated rings. The van der Waals surface area contributed by atoms with Gasteiger partial charge in [-0.15, -0.1) is 0 Å². The van der Waals surface area contributed by atoms with E-state index in [0.717, 1.165) is 6.07 Å². The van der Waals surface area contributed by atoms with E-state index in [4.69, 9.17) is 10.8 Å². The van der Waals surface area contributed by atoms with Crippen LogP contribution < -0.4 is 5.73 Å². The highest BCUT2D eigenvalue weighted by molar-refractivity contribution is 5.29. The third kappa shape index (κ3) is 1.91. The van der Waals surface area contributed by atoms with Gasteiger partial charge in [0.25, 0.3) is 0 Å². The van der Waals surface area contributed by atoms with Crippen LogP contribution >= 0.6 is 0 Å². The van der Waals surface area contributed by atoms with Gasteiger partial charge >= 0.3 is 0 Å². The lowest BCUT2D eigenvalue weighted by Gasteiger charge is -2.05. The van der Waals surface area contributed by atoms with Crippen molar-refractivity contribution < 1.29 is 9.50 Å². The molecule has 3 N–H and O–H groups in total. The summed E-state index contributed by atoms with van der Waals surface area (Å²) in [6, 6.07) is 3.56. The Kier molecular flexibility index (Phi) is 2.10. The number of phenolic OH excluding ortho intramolecular Hbond substituents is 1. The maximum Gasteiger partial charge on any atom is 0.127 e. The van der Waals surface area contributed by atoms with E-state index in [-0.39, 0.29) is 11.8 Å². The number of hydrogen-bond acceptors (Lipinski definition) is 2. The van der Waals surface area contributed by atoms with Crippen LogP contribution in [0.2, 0.25) is 0 Å². The van der Waals surface area contributed by atoms with Crippen molar-refractivity contribution in [3.63, 3.8) is 0 Å². The van der Waals surface area contributed by atoms with Gasteiger partial charge < -0.3 is 10.8 Å². The number of aromatic hydroxyl groups is 1. The highest BCUT2D eigenvalue weighted by atomic mass is 19.1. The van der Waals surface area contributed by atoms with Crippen molar-refractivity contribution in [1.29, 1.82) is 0 Å². The molecule has 0 aliphatic heterocycles. The van der Waals surface area contributed by atoms with E-state index in [0.29, 0.717) is 5.56 Å². The molecule has 0 heterocycles. The first-order chi connectivity index (χ1) is 5.09. The molecule has 3 heteroatoms. The van der Waals surface area contributed by atoms with E-state index in [1.54, 1.807) is 6.92 Å². The Bertz CT molecular complexity index is 240. The van der Waals surface area contributed by atoms with Crippen LogP contribution in [0.4, 0.5) is 4.39 Å². The van der Waals surface area contributed by atoms with Crippen LogP contribution in [-0.2, 0) is 0 Å². The minimum atomic E-state index is -0.461. The van der Waals surface area contributed by atoms with Gasteiger partial charge in [-0.05, 0) is 24.6 Å². The number of rotatable bonds is 1. The maximum atomic E-state index is 12.6. The van der Waals surface area contributed by atoms with E-state index >= 15 is 0 Å². The minimum absolute atomic E-state index is 0.0858. The van der Waals surface area contributed by atoms with Gasteiger partial charge in [0.2, 0.25) is 0 Å². The summed E-state index contributed by atoms with van der Waals surface area (Å²) in [6.07, 6.45) is 0. The smallest absolute Gasteiger partial charge is 0.127 e. The molecule has 2 nitrogen and oxygen atoms in total. The van der Waals surface area contributed by atoms with Crippen molar-refractivity contribution in [3.8, 4) is 5.75 Å². The van der Waals surface area contributed by atoms with Gasteiger partial charge in [0.15, 0.2) is 0 Å². The van der Waals surface area contributed by atoms with Crippen molar-refractivity contribution in [3.05, 3.63) is 29.6 Å². The average molecular weight is 155 g/mol. The average Bonchev–Trinajstić information content (AvgIpc) is 1.85.